The van der Waals surface area contributed by atoms with Crippen LogP contribution >= 0.6 is 0 Å². The fraction of sp³-hybridized carbons (Fsp3) is 0.111. The van der Waals surface area contributed by atoms with Gasteiger partial charge < -0.3 is 16.8 Å². The van der Waals surface area contributed by atoms with E-state index in [0.717, 1.165) is 11.4 Å². The van der Waals surface area contributed by atoms with Crippen LogP contribution in [0.2, 0.25) is 0 Å². The predicted molar refractivity (Wildman–Crippen MR) is 52.7 cm³/mol. The number of benzene rings is 1. The van der Waals surface area contributed by atoms with Gasteiger partial charge in [-0.15, -0.1) is 0 Å². The largest absolute Gasteiger partial charge is 0.401 e. The monoisotopic (exact) mass is 163 g/mol. The van der Waals surface area contributed by atoms with Gasteiger partial charge >= 0.3 is 0 Å². The first-order chi connectivity index (χ1) is 5.68. The normalized spacial score (nSPS) is 9.33. The van der Waals surface area contributed by atoms with Crippen LogP contribution in [0.1, 0.15) is 0 Å². The molecule has 1 aromatic rings. The van der Waals surface area contributed by atoms with Crippen molar-refractivity contribution in [2.45, 2.75) is 0 Å². The Kier molecular flexibility index (Phi) is 2.58. The van der Waals surface area contributed by atoms with Gasteiger partial charge in [0.15, 0.2) is 0 Å². The summed E-state index contributed by atoms with van der Waals surface area (Å²) in [5.74, 6) is 0. The number of anilines is 2. The highest BCUT2D eigenvalue weighted by atomic mass is 14.9. The van der Waals surface area contributed by atoms with Crippen molar-refractivity contribution in [1.82, 2.24) is 0 Å². The van der Waals surface area contributed by atoms with Crippen molar-refractivity contribution in [2.75, 3.05) is 17.6 Å². The molecule has 0 heterocycles. The Balaban J connectivity index is 2.53. The lowest BCUT2D eigenvalue weighted by Gasteiger charge is -2.05. The lowest BCUT2D eigenvalue weighted by molar-refractivity contribution is 1.18. The number of hydrogen-bond donors (Lipinski definition) is 3. The predicted octanol–water partition coefficient (Wildman–Crippen LogP) is 1.15. The molecule has 1 rings (SSSR count). The average molecular weight is 163 g/mol. The third-order valence-corrected chi connectivity index (χ3v) is 1.43. The maximum atomic E-state index is 5.51. The quantitative estimate of drug-likeness (QED) is 0.586. The van der Waals surface area contributed by atoms with Crippen LogP contribution in [0, 0.1) is 0 Å². The van der Waals surface area contributed by atoms with Crippen molar-refractivity contribution in [3.8, 4) is 0 Å². The van der Waals surface area contributed by atoms with Crippen LogP contribution in [0.4, 0.5) is 11.4 Å². The summed E-state index contributed by atoms with van der Waals surface area (Å²) in [6.07, 6.45) is 0. The number of rotatable bonds is 3. The third kappa shape index (κ3) is 2.54. The minimum Gasteiger partial charge on any atom is -0.401 e. The molecule has 0 saturated carbocycles. The Morgan fingerprint density at radius 2 is 1.92 bits per heavy atom. The molecule has 0 radical (unpaired) electrons. The second-order valence-corrected chi connectivity index (χ2v) is 2.63. The van der Waals surface area contributed by atoms with Gasteiger partial charge in [-0.25, -0.2) is 0 Å². The molecule has 0 unspecified atom stereocenters. The van der Waals surface area contributed by atoms with Crippen LogP contribution in [0.3, 0.4) is 0 Å². The molecular weight excluding hydrogens is 150 g/mol. The first-order valence-corrected chi connectivity index (χ1v) is 3.71. The fourth-order valence-corrected chi connectivity index (χ4v) is 0.817. The molecule has 0 bridgehead atoms. The minimum atomic E-state index is 0.587. The highest BCUT2D eigenvalue weighted by Gasteiger charge is 1.90. The molecule has 5 N–H and O–H groups in total. The van der Waals surface area contributed by atoms with Gasteiger partial charge in [0.2, 0.25) is 0 Å². The van der Waals surface area contributed by atoms with Crippen LogP contribution in [-0.4, -0.2) is 6.54 Å². The zero-order chi connectivity index (χ0) is 8.97. The lowest BCUT2D eigenvalue weighted by atomic mass is 10.3. The van der Waals surface area contributed by atoms with Gasteiger partial charge in [-0.05, 0) is 24.3 Å². The van der Waals surface area contributed by atoms with E-state index in [1.807, 2.05) is 24.3 Å². The van der Waals surface area contributed by atoms with Crippen molar-refractivity contribution < 1.29 is 0 Å². The van der Waals surface area contributed by atoms with Crippen molar-refractivity contribution >= 4 is 11.4 Å². The molecule has 12 heavy (non-hydrogen) atoms. The molecule has 0 atom stereocenters. The summed E-state index contributed by atoms with van der Waals surface area (Å²) in [5.41, 5.74) is 13.3. The lowest BCUT2D eigenvalue weighted by Crippen LogP contribution is -2.09. The van der Waals surface area contributed by atoms with Crippen molar-refractivity contribution in [3.63, 3.8) is 0 Å². The van der Waals surface area contributed by atoms with Crippen LogP contribution in [0.25, 0.3) is 0 Å². The molecule has 3 nitrogen and oxygen atoms in total. The van der Waals surface area contributed by atoms with Crippen molar-refractivity contribution in [2.24, 2.45) is 5.73 Å². The van der Waals surface area contributed by atoms with Gasteiger partial charge in [-0.2, -0.15) is 0 Å². The summed E-state index contributed by atoms with van der Waals surface area (Å²) in [6, 6.07) is 7.47. The second kappa shape index (κ2) is 3.67. The van der Waals surface area contributed by atoms with Crippen LogP contribution in [0.15, 0.2) is 36.5 Å². The standard InChI is InChI=1S/C9H13N3/c1-7(10)6-12-9-4-2-8(11)3-5-9/h2-5,12H,1,6,10-11H2. The number of nitrogens with one attached hydrogen (secondary N) is 1. The van der Waals surface area contributed by atoms with E-state index in [1.54, 1.807) is 0 Å². The van der Waals surface area contributed by atoms with Gasteiger partial charge in [0, 0.05) is 17.1 Å². The zero-order valence-electron chi connectivity index (χ0n) is 6.88. The smallest absolute Gasteiger partial charge is 0.0539 e. The topological polar surface area (TPSA) is 64.1 Å². The van der Waals surface area contributed by atoms with Gasteiger partial charge in [0.1, 0.15) is 0 Å². The summed E-state index contributed by atoms with van der Waals surface area (Å²) in [5, 5.41) is 3.09. The zero-order valence-corrected chi connectivity index (χ0v) is 6.88. The molecule has 0 spiro atoms. The summed E-state index contributed by atoms with van der Waals surface area (Å²) in [6.45, 7) is 4.17. The van der Waals surface area contributed by atoms with Crippen LogP contribution < -0.4 is 16.8 Å². The van der Waals surface area contributed by atoms with E-state index in [0.29, 0.717) is 12.2 Å². The van der Waals surface area contributed by atoms with Gasteiger partial charge in [-0.3, -0.25) is 0 Å². The van der Waals surface area contributed by atoms with E-state index in [1.165, 1.54) is 0 Å². The maximum absolute atomic E-state index is 5.51. The van der Waals surface area contributed by atoms with Gasteiger partial charge in [0.05, 0.1) is 6.54 Å². The van der Waals surface area contributed by atoms with Crippen molar-refractivity contribution in [3.05, 3.63) is 36.5 Å². The Bertz CT molecular complexity index is 264. The van der Waals surface area contributed by atoms with E-state index < -0.39 is 0 Å². The first-order valence-electron chi connectivity index (χ1n) is 3.71. The highest BCUT2D eigenvalue weighted by Crippen LogP contribution is 2.09. The van der Waals surface area contributed by atoms with Crippen molar-refractivity contribution in [1.29, 1.82) is 0 Å². The Morgan fingerprint density at radius 1 is 1.33 bits per heavy atom. The molecule has 0 aliphatic carbocycles. The SMILES string of the molecule is C=C(N)CNc1ccc(N)cc1. The molecule has 0 amide bonds. The molecule has 0 aliphatic rings. The Hall–Kier alpha value is -1.64. The van der Waals surface area contributed by atoms with E-state index >= 15 is 0 Å². The molecule has 0 saturated heterocycles. The maximum Gasteiger partial charge on any atom is 0.0539 e. The average Bonchev–Trinajstić information content (AvgIpc) is 2.03. The summed E-state index contributed by atoms with van der Waals surface area (Å²) >= 11 is 0. The van der Waals surface area contributed by atoms with Gasteiger partial charge in [-0.1, -0.05) is 6.58 Å². The molecule has 3 heteroatoms. The summed E-state index contributed by atoms with van der Waals surface area (Å²) in [7, 11) is 0. The number of hydrogen-bond acceptors (Lipinski definition) is 3. The van der Waals surface area contributed by atoms with E-state index in [4.69, 9.17) is 11.5 Å². The molecule has 1 aromatic carbocycles. The second-order valence-electron chi connectivity index (χ2n) is 2.63. The molecule has 0 aromatic heterocycles. The van der Waals surface area contributed by atoms with E-state index in [9.17, 15) is 0 Å². The molecular formula is C9H13N3. The highest BCUT2D eigenvalue weighted by molar-refractivity contribution is 5.51. The van der Waals surface area contributed by atoms with E-state index in [-0.39, 0.29) is 0 Å². The van der Waals surface area contributed by atoms with Crippen LogP contribution in [0.5, 0.6) is 0 Å². The molecule has 0 fully saturated rings. The summed E-state index contributed by atoms with van der Waals surface area (Å²) in [4.78, 5) is 0. The number of nitrogen functional groups attached to an aromatic ring is 1. The summed E-state index contributed by atoms with van der Waals surface area (Å²) < 4.78 is 0. The van der Waals surface area contributed by atoms with Gasteiger partial charge in [0.25, 0.3) is 0 Å². The molecule has 0 aliphatic heterocycles. The Morgan fingerprint density at radius 3 is 2.42 bits per heavy atom. The van der Waals surface area contributed by atoms with Crippen LogP contribution in [-0.2, 0) is 0 Å². The number of nitrogens with two attached hydrogens (primary N) is 2. The fourth-order valence-electron chi connectivity index (χ4n) is 0.817. The molecule has 64 valence electrons. The van der Waals surface area contributed by atoms with E-state index in [2.05, 4.69) is 11.9 Å². The minimum absolute atomic E-state index is 0.587. The first kappa shape index (κ1) is 8.46. The Labute approximate surface area is 72.1 Å². The third-order valence-electron chi connectivity index (χ3n) is 1.43.